The van der Waals surface area contributed by atoms with Gasteiger partial charge in [-0.2, -0.15) is 18.4 Å². The zero-order valence-electron chi connectivity index (χ0n) is 25.9. The third-order valence-electron chi connectivity index (χ3n) is 9.09. The van der Waals surface area contributed by atoms with Crippen LogP contribution < -0.4 is 0 Å². The van der Waals surface area contributed by atoms with Crippen molar-refractivity contribution in [2.45, 2.75) is 26.9 Å². The number of para-hydroxylation sites is 2. The molecule has 47 heavy (non-hydrogen) atoms. The first kappa shape index (κ1) is 28.7. The fourth-order valence-corrected chi connectivity index (χ4v) is 7.04. The van der Waals surface area contributed by atoms with E-state index in [2.05, 4.69) is 63.7 Å². The molecule has 228 valence electrons. The van der Waals surface area contributed by atoms with E-state index >= 15 is 0 Å². The van der Waals surface area contributed by atoms with E-state index in [9.17, 15) is 18.4 Å². The maximum Gasteiger partial charge on any atom is 0.416 e. The van der Waals surface area contributed by atoms with Crippen LogP contribution in [0.1, 0.15) is 27.8 Å². The highest BCUT2D eigenvalue weighted by Crippen LogP contribution is 2.41. The van der Waals surface area contributed by atoms with Gasteiger partial charge in [-0.1, -0.05) is 66.7 Å². The van der Waals surface area contributed by atoms with Crippen molar-refractivity contribution in [2.24, 2.45) is 0 Å². The summed E-state index contributed by atoms with van der Waals surface area (Å²) in [5.41, 5.74) is 8.21. The maximum atomic E-state index is 14.1. The number of benzene rings is 6. The minimum absolute atomic E-state index is 0.422. The van der Waals surface area contributed by atoms with Crippen LogP contribution in [0, 0.1) is 32.1 Å². The molecule has 0 aliphatic carbocycles. The van der Waals surface area contributed by atoms with Crippen molar-refractivity contribution in [2.75, 3.05) is 0 Å². The molecule has 8 aromatic rings. The van der Waals surface area contributed by atoms with Crippen molar-refractivity contribution in [3.05, 3.63) is 143 Å². The van der Waals surface area contributed by atoms with Gasteiger partial charge in [0.15, 0.2) is 0 Å². The molecule has 0 fully saturated rings. The predicted octanol–water partition coefficient (Wildman–Crippen LogP) is 11.4. The van der Waals surface area contributed by atoms with Crippen LogP contribution in [0.2, 0.25) is 0 Å². The molecule has 3 nitrogen and oxygen atoms in total. The van der Waals surface area contributed by atoms with E-state index in [4.69, 9.17) is 0 Å². The lowest BCUT2D eigenvalue weighted by atomic mass is 9.96. The van der Waals surface area contributed by atoms with E-state index in [-0.39, 0.29) is 0 Å². The summed E-state index contributed by atoms with van der Waals surface area (Å²) in [4.78, 5) is 0. The first-order chi connectivity index (χ1) is 22.6. The minimum atomic E-state index is -4.51. The number of nitrogens with zero attached hydrogens (tertiary/aromatic N) is 3. The molecule has 0 saturated carbocycles. The Labute approximate surface area is 269 Å². The molecule has 6 heteroatoms. The number of hydrogen-bond acceptors (Lipinski definition) is 1. The third-order valence-corrected chi connectivity index (χ3v) is 9.09. The monoisotopic (exact) mass is 619 g/mol. The molecule has 8 rings (SSSR count). The van der Waals surface area contributed by atoms with Gasteiger partial charge in [0.05, 0.1) is 39.0 Å². The van der Waals surface area contributed by atoms with Gasteiger partial charge in [-0.25, -0.2) is 0 Å². The maximum absolute atomic E-state index is 14.1. The van der Waals surface area contributed by atoms with Crippen LogP contribution in [0.3, 0.4) is 0 Å². The lowest BCUT2D eigenvalue weighted by Gasteiger charge is -2.19. The lowest BCUT2D eigenvalue weighted by Crippen LogP contribution is -2.07. The minimum Gasteiger partial charge on any atom is -0.308 e. The van der Waals surface area contributed by atoms with Crippen LogP contribution in [0.15, 0.2) is 115 Å². The van der Waals surface area contributed by atoms with Gasteiger partial charge in [0, 0.05) is 21.5 Å². The second-order valence-electron chi connectivity index (χ2n) is 12.3. The summed E-state index contributed by atoms with van der Waals surface area (Å²) in [6.07, 6.45) is -4.51. The number of aromatic nitrogens is 2. The molecule has 0 N–H and O–H groups in total. The van der Waals surface area contributed by atoms with Gasteiger partial charge in [0.25, 0.3) is 0 Å². The van der Waals surface area contributed by atoms with Crippen LogP contribution >= 0.6 is 0 Å². The van der Waals surface area contributed by atoms with E-state index in [0.717, 1.165) is 54.7 Å². The number of rotatable bonds is 3. The number of halogens is 3. The van der Waals surface area contributed by atoms with Crippen molar-refractivity contribution >= 4 is 43.6 Å². The molecule has 0 bridgehead atoms. The van der Waals surface area contributed by atoms with Crippen LogP contribution in [0.5, 0.6) is 0 Å². The van der Waals surface area contributed by atoms with E-state index in [1.165, 1.54) is 12.1 Å². The molecule has 0 radical (unpaired) electrons. The first-order valence-corrected chi connectivity index (χ1v) is 15.4. The molecular formula is C41H28F3N3. The highest BCUT2D eigenvalue weighted by Gasteiger charge is 2.31. The molecule has 0 aliphatic rings. The molecule has 0 amide bonds. The highest BCUT2D eigenvalue weighted by molar-refractivity contribution is 6.11. The van der Waals surface area contributed by atoms with Crippen LogP contribution in [0.25, 0.3) is 66.1 Å². The van der Waals surface area contributed by atoms with Gasteiger partial charge in [0.1, 0.15) is 11.6 Å². The molecule has 0 unspecified atom stereocenters. The molecule has 0 saturated heterocycles. The number of hydrogen-bond donors (Lipinski definition) is 0. The van der Waals surface area contributed by atoms with Crippen molar-refractivity contribution in [3.8, 4) is 28.6 Å². The molecule has 2 aromatic heterocycles. The summed E-state index contributed by atoms with van der Waals surface area (Å²) in [6, 6.07) is 39.0. The smallest absolute Gasteiger partial charge is 0.308 e. The molecule has 2 heterocycles. The van der Waals surface area contributed by atoms with Gasteiger partial charge in [0.2, 0.25) is 0 Å². The molecule has 6 aromatic carbocycles. The normalized spacial score (nSPS) is 12.0. The highest BCUT2D eigenvalue weighted by atomic mass is 19.4. The molecule has 0 atom stereocenters. The fourth-order valence-electron chi connectivity index (χ4n) is 7.04. The number of alkyl halides is 3. The Hall–Kier alpha value is -5.80. The molecular weight excluding hydrogens is 591 g/mol. The average Bonchev–Trinajstić information content (AvgIpc) is 3.55. The Kier molecular flexibility index (Phi) is 6.32. The Morgan fingerprint density at radius 3 is 1.47 bits per heavy atom. The Balaban J connectivity index is 1.57. The van der Waals surface area contributed by atoms with E-state index in [1.54, 1.807) is 13.0 Å². The summed E-state index contributed by atoms with van der Waals surface area (Å²) >= 11 is 0. The van der Waals surface area contributed by atoms with Gasteiger partial charge in [-0.3, -0.25) is 0 Å². The SMILES string of the molecule is Cc1cc(-c2cc(-n3c4ccccc4c4ccc(C)cc43)c(C#N)c(-n3c4ccccc4c4ccc(C)cc43)c2)cc(C(F)(F)F)c1. The fraction of sp³-hybridized carbons (Fsp3) is 0.0976. The Morgan fingerprint density at radius 2 is 0.979 bits per heavy atom. The van der Waals surface area contributed by atoms with E-state index in [0.29, 0.717) is 33.6 Å². The zero-order chi connectivity index (χ0) is 32.6. The first-order valence-electron chi connectivity index (χ1n) is 15.4. The van der Waals surface area contributed by atoms with Crippen molar-refractivity contribution in [3.63, 3.8) is 0 Å². The van der Waals surface area contributed by atoms with Gasteiger partial charge in [-0.05, 0) is 97.1 Å². The van der Waals surface area contributed by atoms with Crippen molar-refractivity contribution < 1.29 is 13.2 Å². The van der Waals surface area contributed by atoms with E-state index < -0.39 is 11.7 Å². The van der Waals surface area contributed by atoms with Gasteiger partial charge < -0.3 is 9.13 Å². The number of aryl methyl sites for hydroxylation is 3. The van der Waals surface area contributed by atoms with Crippen molar-refractivity contribution in [1.29, 1.82) is 5.26 Å². The van der Waals surface area contributed by atoms with E-state index in [1.807, 2.05) is 62.4 Å². The molecule has 0 spiro atoms. The Bertz CT molecular complexity index is 2470. The average molecular weight is 620 g/mol. The standard InChI is InChI=1S/C41H28F3N3/c1-24-12-14-32-30-8-4-6-10-35(30)46(37(32)18-24)39-21-28(27-16-26(3)17-29(20-27)41(42,43)44)22-40(34(39)23-45)47-36-11-7-5-9-31(36)33-15-13-25(2)19-38(33)47/h4-22H,1-3H3. The van der Waals surface area contributed by atoms with Crippen LogP contribution in [0.4, 0.5) is 13.2 Å². The Morgan fingerprint density at radius 1 is 0.511 bits per heavy atom. The van der Waals surface area contributed by atoms with Crippen molar-refractivity contribution in [1.82, 2.24) is 9.13 Å². The molecule has 0 aliphatic heterocycles. The second kappa shape index (κ2) is 10.4. The largest absolute Gasteiger partial charge is 0.416 e. The lowest BCUT2D eigenvalue weighted by molar-refractivity contribution is -0.137. The number of fused-ring (bicyclic) bond motifs is 6. The topological polar surface area (TPSA) is 33.6 Å². The summed E-state index contributed by atoms with van der Waals surface area (Å²) in [5.74, 6) is 0. The quantitative estimate of drug-likeness (QED) is 0.194. The number of nitriles is 1. The van der Waals surface area contributed by atoms with Gasteiger partial charge in [-0.15, -0.1) is 0 Å². The second-order valence-corrected chi connectivity index (χ2v) is 12.3. The van der Waals surface area contributed by atoms with Gasteiger partial charge >= 0.3 is 6.18 Å². The summed E-state index contributed by atoms with van der Waals surface area (Å²) < 4.78 is 46.5. The van der Waals surface area contributed by atoms with Crippen LogP contribution in [-0.4, -0.2) is 9.13 Å². The summed E-state index contributed by atoms with van der Waals surface area (Å²) in [6.45, 7) is 5.73. The summed E-state index contributed by atoms with van der Waals surface area (Å²) in [7, 11) is 0. The zero-order valence-corrected chi connectivity index (χ0v) is 25.9. The summed E-state index contributed by atoms with van der Waals surface area (Å²) in [5, 5.41) is 15.1. The predicted molar refractivity (Wildman–Crippen MR) is 184 cm³/mol. The van der Waals surface area contributed by atoms with Crippen LogP contribution in [-0.2, 0) is 6.18 Å². The third kappa shape index (κ3) is 4.50.